The fraction of sp³-hybridized carbons (Fsp3) is 0.278. The lowest BCUT2D eigenvalue weighted by molar-refractivity contribution is -0.384. The number of rotatable bonds is 5. The molecule has 2 N–H and O–H groups in total. The molecule has 1 aliphatic rings. The Morgan fingerprint density at radius 3 is 2.52 bits per heavy atom. The average molecular weight is 358 g/mol. The maximum atomic E-state index is 12.6. The van der Waals surface area contributed by atoms with Crippen LogP contribution < -0.4 is 5.32 Å². The van der Waals surface area contributed by atoms with Crippen LogP contribution in [0.1, 0.15) is 29.6 Å². The molecule has 0 aromatic heterocycles. The number of aliphatic hydroxyl groups is 1. The summed E-state index contributed by atoms with van der Waals surface area (Å²) in [5, 5.41) is 23.5. The van der Waals surface area contributed by atoms with Crippen LogP contribution >= 0.6 is 11.8 Å². The largest absolute Gasteiger partial charge is 0.391 e. The topological polar surface area (TPSA) is 92.5 Å². The van der Waals surface area contributed by atoms with E-state index in [-0.39, 0.29) is 17.6 Å². The van der Waals surface area contributed by atoms with Crippen molar-refractivity contribution >= 4 is 23.4 Å². The molecule has 1 aliphatic carbocycles. The van der Waals surface area contributed by atoms with Crippen LogP contribution in [0.15, 0.2) is 58.3 Å². The molecular formula is C18H18N2O4S. The van der Waals surface area contributed by atoms with Crippen LogP contribution in [0.3, 0.4) is 0 Å². The second-order valence-electron chi connectivity index (χ2n) is 5.93. The van der Waals surface area contributed by atoms with Gasteiger partial charge in [-0.1, -0.05) is 23.9 Å². The molecular weight excluding hydrogens is 340 g/mol. The van der Waals surface area contributed by atoms with Crippen molar-refractivity contribution in [1.29, 1.82) is 0 Å². The van der Waals surface area contributed by atoms with Gasteiger partial charge in [0.2, 0.25) is 0 Å². The summed E-state index contributed by atoms with van der Waals surface area (Å²) in [5.74, 6) is -0.212. The second kappa shape index (κ2) is 7.67. The minimum absolute atomic E-state index is 0.0330. The first-order chi connectivity index (χ1) is 12.0. The van der Waals surface area contributed by atoms with Crippen LogP contribution in [-0.4, -0.2) is 28.1 Å². The van der Waals surface area contributed by atoms with Crippen molar-refractivity contribution in [1.82, 2.24) is 5.32 Å². The summed E-state index contributed by atoms with van der Waals surface area (Å²) >= 11 is 1.38. The van der Waals surface area contributed by atoms with Crippen molar-refractivity contribution in [3.05, 3.63) is 64.2 Å². The molecule has 2 atom stereocenters. The summed E-state index contributed by atoms with van der Waals surface area (Å²) in [5.41, 5.74) is 0.565. The van der Waals surface area contributed by atoms with Crippen LogP contribution in [0, 0.1) is 10.1 Å². The lowest BCUT2D eigenvalue weighted by Crippen LogP contribution is -2.40. The van der Waals surface area contributed by atoms with Crippen LogP contribution in [0.4, 0.5) is 5.69 Å². The Balaban J connectivity index is 1.76. The fourth-order valence-electron chi connectivity index (χ4n) is 2.86. The Morgan fingerprint density at radius 2 is 1.88 bits per heavy atom. The van der Waals surface area contributed by atoms with Crippen molar-refractivity contribution in [2.24, 2.45) is 0 Å². The Kier molecular flexibility index (Phi) is 5.35. The molecule has 1 saturated carbocycles. The Morgan fingerprint density at radius 1 is 1.16 bits per heavy atom. The van der Waals surface area contributed by atoms with Gasteiger partial charge < -0.3 is 10.4 Å². The maximum absolute atomic E-state index is 12.6. The predicted molar refractivity (Wildman–Crippen MR) is 94.8 cm³/mol. The third-order valence-electron chi connectivity index (χ3n) is 4.20. The normalized spacial score (nSPS) is 19.6. The predicted octanol–water partition coefficient (Wildman–Crippen LogP) is 3.39. The molecule has 0 spiro atoms. The quantitative estimate of drug-likeness (QED) is 0.631. The first kappa shape index (κ1) is 17.4. The number of aliphatic hydroxyl groups excluding tert-OH is 1. The summed E-state index contributed by atoms with van der Waals surface area (Å²) < 4.78 is 0. The molecule has 7 heteroatoms. The molecule has 6 nitrogen and oxygen atoms in total. The third-order valence-corrected chi connectivity index (χ3v) is 5.29. The molecule has 2 unspecified atom stereocenters. The van der Waals surface area contributed by atoms with Crippen LogP contribution in [0.25, 0.3) is 0 Å². The third kappa shape index (κ3) is 4.18. The van der Waals surface area contributed by atoms with E-state index in [1.54, 1.807) is 24.3 Å². The number of hydrogen-bond acceptors (Lipinski definition) is 5. The maximum Gasteiger partial charge on any atom is 0.269 e. The Bertz CT molecular complexity index is 779. The van der Waals surface area contributed by atoms with Crippen molar-refractivity contribution < 1.29 is 14.8 Å². The van der Waals surface area contributed by atoms with E-state index in [2.05, 4.69) is 5.32 Å². The van der Waals surface area contributed by atoms with Gasteiger partial charge >= 0.3 is 0 Å². The Labute approximate surface area is 149 Å². The van der Waals surface area contributed by atoms with Crippen molar-refractivity contribution in [2.75, 3.05) is 0 Å². The molecule has 0 aliphatic heterocycles. The van der Waals surface area contributed by atoms with Crippen molar-refractivity contribution in [3.63, 3.8) is 0 Å². The monoisotopic (exact) mass is 358 g/mol. The molecule has 0 bridgehead atoms. The number of carbonyl (C=O) groups excluding carboxylic acids is 1. The summed E-state index contributed by atoms with van der Waals surface area (Å²) in [7, 11) is 0. The minimum atomic E-state index is -0.488. The van der Waals surface area contributed by atoms with Gasteiger partial charge in [-0.05, 0) is 43.5 Å². The first-order valence-electron chi connectivity index (χ1n) is 8.05. The summed E-state index contributed by atoms with van der Waals surface area (Å²) in [6, 6.07) is 13.2. The smallest absolute Gasteiger partial charge is 0.269 e. The molecule has 0 saturated heterocycles. The van der Waals surface area contributed by atoms with Gasteiger partial charge in [-0.25, -0.2) is 0 Å². The SMILES string of the molecule is O=C(NC1CCCC1O)c1ccccc1Sc1ccc([N+](=O)[O-])cc1. The van der Waals surface area contributed by atoms with Crippen molar-refractivity contribution in [2.45, 2.75) is 41.2 Å². The van der Waals surface area contributed by atoms with Gasteiger partial charge in [-0.15, -0.1) is 0 Å². The number of nitrogens with one attached hydrogen (secondary N) is 1. The zero-order valence-electron chi connectivity index (χ0n) is 13.4. The number of hydrogen-bond donors (Lipinski definition) is 2. The molecule has 0 heterocycles. The highest BCUT2D eigenvalue weighted by molar-refractivity contribution is 7.99. The zero-order valence-corrected chi connectivity index (χ0v) is 14.2. The number of nitro groups is 1. The van der Waals surface area contributed by atoms with Crippen LogP contribution in [-0.2, 0) is 0 Å². The second-order valence-corrected chi connectivity index (χ2v) is 7.04. The number of carbonyl (C=O) groups is 1. The standard InChI is InChI=1S/C18H18N2O4S/c21-16-6-3-5-15(16)19-18(22)14-4-1-2-7-17(14)25-13-10-8-12(9-11-13)20(23)24/h1-2,4,7-11,15-16,21H,3,5-6H2,(H,19,22). The number of amides is 1. The zero-order chi connectivity index (χ0) is 17.8. The highest BCUT2D eigenvalue weighted by Crippen LogP contribution is 2.31. The van der Waals surface area contributed by atoms with E-state index in [0.29, 0.717) is 12.0 Å². The van der Waals surface area contributed by atoms with E-state index in [1.165, 1.54) is 23.9 Å². The highest BCUT2D eigenvalue weighted by Gasteiger charge is 2.27. The van der Waals surface area contributed by atoms with Gasteiger partial charge in [-0.3, -0.25) is 14.9 Å². The molecule has 1 amide bonds. The van der Waals surface area contributed by atoms with E-state index in [9.17, 15) is 20.0 Å². The molecule has 3 rings (SSSR count). The van der Waals surface area contributed by atoms with E-state index in [0.717, 1.165) is 22.6 Å². The van der Waals surface area contributed by atoms with E-state index < -0.39 is 11.0 Å². The van der Waals surface area contributed by atoms with Gasteiger partial charge in [0.15, 0.2) is 0 Å². The molecule has 0 radical (unpaired) electrons. The summed E-state index contributed by atoms with van der Waals surface area (Å²) in [6.45, 7) is 0. The van der Waals surface area contributed by atoms with Crippen LogP contribution in [0.5, 0.6) is 0 Å². The lowest BCUT2D eigenvalue weighted by Gasteiger charge is -2.17. The number of benzene rings is 2. The fourth-order valence-corrected chi connectivity index (χ4v) is 3.80. The Hall–Kier alpha value is -2.38. The van der Waals surface area contributed by atoms with Gasteiger partial charge in [0, 0.05) is 21.9 Å². The van der Waals surface area contributed by atoms with E-state index in [4.69, 9.17) is 0 Å². The number of nitro benzene ring substituents is 1. The van der Waals surface area contributed by atoms with E-state index >= 15 is 0 Å². The lowest BCUT2D eigenvalue weighted by atomic mass is 10.1. The highest BCUT2D eigenvalue weighted by atomic mass is 32.2. The molecule has 2 aromatic carbocycles. The van der Waals surface area contributed by atoms with Crippen molar-refractivity contribution in [3.8, 4) is 0 Å². The molecule has 2 aromatic rings. The summed E-state index contributed by atoms with van der Waals surface area (Å²) in [6.07, 6.45) is 1.92. The van der Waals surface area contributed by atoms with Gasteiger partial charge in [-0.2, -0.15) is 0 Å². The average Bonchev–Trinajstić information content (AvgIpc) is 3.00. The first-order valence-corrected chi connectivity index (χ1v) is 8.86. The van der Waals surface area contributed by atoms with Gasteiger partial charge in [0.25, 0.3) is 11.6 Å². The van der Waals surface area contributed by atoms with E-state index in [1.807, 2.05) is 12.1 Å². The van der Waals surface area contributed by atoms with Gasteiger partial charge in [0.1, 0.15) is 0 Å². The minimum Gasteiger partial charge on any atom is -0.391 e. The molecule has 130 valence electrons. The summed E-state index contributed by atoms with van der Waals surface area (Å²) in [4.78, 5) is 24.4. The van der Waals surface area contributed by atoms with Gasteiger partial charge in [0.05, 0.1) is 22.6 Å². The number of non-ortho nitro benzene ring substituents is 1. The molecule has 25 heavy (non-hydrogen) atoms. The van der Waals surface area contributed by atoms with Crippen LogP contribution in [0.2, 0.25) is 0 Å². The molecule has 1 fully saturated rings. The number of nitrogens with zero attached hydrogens (tertiary/aromatic N) is 1.